The predicted molar refractivity (Wildman–Crippen MR) is 130 cm³/mol. The zero-order valence-corrected chi connectivity index (χ0v) is 20.5. The van der Waals surface area contributed by atoms with Gasteiger partial charge in [0.05, 0.1) is 29.8 Å². The fourth-order valence-corrected chi connectivity index (χ4v) is 4.09. The molecule has 10 heteroatoms. The quantitative estimate of drug-likeness (QED) is 0.421. The second-order valence-electron chi connectivity index (χ2n) is 9.30. The molecule has 1 atom stereocenters. The minimum Gasteiger partial charge on any atom is -0.493 e. The molecule has 0 amide bonds. The Morgan fingerprint density at radius 2 is 1.83 bits per heavy atom. The number of nitrogen functional groups attached to an aromatic ring is 1. The molecule has 0 saturated heterocycles. The topological polar surface area (TPSA) is 85.5 Å². The first-order chi connectivity index (χ1) is 16.4. The van der Waals surface area contributed by atoms with Crippen LogP contribution in [0.5, 0.6) is 11.5 Å². The van der Waals surface area contributed by atoms with Crippen molar-refractivity contribution in [1.29, 1.82) is 0 Å². The van der Waals surface area contributed by atoms with E-state index >= 15 is 0 Å². The molecular formula is C25H30F3N5O2. The lowest BCUT2D eigenvalue weighted by molar-refractivity contribution is -0.137. The van der Waals surface area contributed by atoms with Crippen molar-refractivity contribution < 1.29 is 22.6 Å². The molecule has 35 heavy (non-hydrogen) atoms. The van der Waals surface area contributed by atoms with Crippen LogP contribution in [0.25, 0.3) is 10.9 Å². The number of alkyl halides is 3. The molecule has 1 aliphatic rings. The van der Waals surface area contributed by atoms with E-state index in [-0.39, 0.29) is 11.2 Å². The van der Waals surface area contributed by atoms with E-state index in [0.717, 1.165) is 25.0 Å². The van der Waals surface area contributed by atoms with Crippen molar-refractivity contribution in [2.24, 2.45) is 0 Å². The summed E-state index contributed by atoms with van der Waals surface area (Å²) in [5, 5.41) is 3.91. The maximum Gasteiger partial charge on any atom is 0.416 e. The summed E-state index contributed by atoms with van der Waals surface area (Å²) in [6.45, 7) is 4.02. The van der Waals surface area contributed by atoms with Gasteiger partial charge in [0, 0.05) is 17.1 Å². The third kappa shape index (κ3) is 5.22. The first-order valence-corrected chi connectivity index (χ1v) is 11.3. The van der Waals surface area contributed by atoms with Gasteiger partial charge in [0.2, 0.25) is 0 Å². The molecule has 4 rings (SSSR count). The summed E-state index contributed by atoms with van der Waals surface area (Å²) in [7, 11) is 5.64. The number of hydrogen-bond donors (Lipinski definition) is 2. The largest absolute Gasteiger partial charge is 0.493 e. The van der Waals surface area contributed by atoms with Gasteiger partial charge in [-0.15, -0.1) is 0 Å². The molecular weight excluding hydrogens is 459 g/mol. The third-order valence-corrected chi connectivity index (χ3v) is 6.52. The van der Waals surface area contributed by atoms with Gasteiger partial charge in [0.15, 0.2) is 11.5 Å². The first-order valence-electron chi connectivity index (χ1n) is 11.3. The molecule has 188 valence electrons. The molecule has 3 aromatic rings. The Balaban J connectivity index is 1.69. The highest BCUT2D eigenvalue weighted by Gasteiger charge is 2.45. The molecule has 7 nitrogen and oxygen atoms in total. The van der Waals surface area contributed by atoms with Crippen molar-refractivity contribution in [2.75, 3.05) is 38.9 Å². The van der Waals surface area contributed by atoms with E-state index < -0.39 is 17.8 Å². The number of nitrogens with zero attached hydrogens (tertiary/aromatic N) is 3. The van der Waals surface area contributed by atoms with Gasteiger partial charge in [0.1, 0.15) is 18.2 Å². The second kappa shape index (κ2) is 9.07. The van der Waals surface area contributed by atoms with Crippen LogP contribution in [-0.2, 0) is 6.18 Å². The normalized spacial score (nSPS) is 15.8. The molecule has 1 aromatic heterocycles. The number of nitrogens with one attached hydrogen (secondary N) is 1. The zero-order valence-electron chi connectivity index (χ0n) is 20.5. The Morgan fingerprint density at radius 3 is 2.43 bits per heavy atom. The van der Waals surface area contributed by atoms with E-state index in [4.69, 9.17) is 15.2 Å². The molecule has 1 aliphatic carbocycles. The van der Waals surface area contributed by atoms with Crippen molar-refractivity contribution in [2.45, 2.75) is 44.4 Å². The average Bonchev–Trinajstić information content (AvgIpc) is 3.57. The van der Waals surface area contributed by atoms with E-state index in [0.29, 0.717) is 46.2 Å². The van der Waals surface area contributed by atoms with Gasteiger partial charge in [-0.05, 0) is 70.6 Å². The van der Waals surface area contributed by atoms with Crippen LogP contribution in [0.4, 0.5) is 24.7 Å². The van der Waals surface area contributed by atoms with Crippen LogP contribution in [-0.4, -0.2) is 48.2 Å². The summed E-state index contributed by atoms with van der Waals surface area (Å²) >= 11 is 0. The Morgan fingerprint density at radius 1 is 1.11 bits per heavy atom. The van der Waals surface area contributed by atoms with Gasteiger partial charge in [-0.25, -0.2) is 9.97 Å². The maximum atomic E-state index is 13.3. The number of anilines is 2. The molecule has 1 heterocycles. The lowest BCUT2D eigenvalue weighted by Gasteiger charge is -2.24. The number of benzene rings is 2. The highest BCUT2D eigenvalue weighted by molar-refractivity contribution is 5.92. The molecule has 3 N–H and O–H groups in total. The fourth-order valence-electron chi connectivity index (χ4n) is 4.09. The predicted octanol–water partition coefficient (Wildman–Crippen LogP) is 5.19. The average molecular weight is 490 g/mol. The van der Waals surface area contributed by atoms with Crippen LogP contribution < -0.4 is 20.5 Å². The lowest BCUT2D eigenvalue weighted by Crippen LogP contribution is -2.35. The first kappa shape index (κ1) is 24.8. The Hall–Kier alpha value is -3.27. The molecule has 0 bridgehead atoms. The Labute approximate surface area is 202 Å². The molecule has 0 radical (unpaired) electrons. The summed E-state index contributed by atoms with van der Waals surface area (Å²) in [6, 6.07) is 6.64. The van der Waals surface area contributed by atoms with Gasteiger partial charge in [0.25, 0.3) is 0 Å². The smallest absolute Gasteiger partial charge is 0.416 e. The number of ether oxygens (including phenoxy) is 2. The van der Waals surface area contributed by atoms with Crippen LogP contribution in [0.1, 0.15) is 42.8 Å². The van der Waals surface area contributed by atoms with Gasteiger partial charge in [-0.1, -0.05) is 0 Å². The van der Waals surface area contributed by atoms with E-state index in [1.807, 2.05) is 20.2 Å². The van der Waals surface area contributed by atoms with E-state index in [2.05, 4.69) is 20.2 Å². The SMILES string of the molecule is COc1cc2nc(C)nc(NC(C)c3cc(N)cc(C(F)(F)F)c3)c2cc1OCC1(N(C)C)CC1. The van der Waals surface area contributed by atoms with Gasteiger partial charge < -0.3 is 25.4 Å². The van der Waals surface area contributed by atoms with Gasteiger partial charge >= 0.3 is 6.18 Å². The zero-order chi connectivity index (χ0) is 25.5. The summed E-state index contributed by atoms with van der Waals surface area (Å²) in [4.78, 5) is 11.2. The van der Waals surface area contributed by atoms with E-state index in [1.54, 1.807) is 27.0 Å². The molecule has 1 unspecified atom stereocenters. The number of hydrogen-bond acceptors (Lipinski definition) is 7. The number of rotatable bonds is 8. The highest BCUT2D eigenvalue weighted by atomic mass is 19.4. The molecule has 0 spiro atoms. The van der Waals surface area contributed by atoms with Gasteiger partial charge in [-0.2, -0.15) is 13.2 Å². The summed E-state index contributed by atoms with van der Waals surface area (Å²) in [5.74, 6) is 2.10. The number of halogens is 3. The Bertz CT molecular complexity index is 1240. The standard InChI is InChI=1S/C25H30F3N5O2/c1-14(16-8-17(25(26,27)28)10-18(29)9-16)30-23-19-11-22(35-13-24(6-7-24)33(3)4)21(34-5)12-20(19)31-15(2)32-23/h8-12,14H,6-7,13,29H2,1-5H3,(H,30,31,32). The summed E-state index contributed by atoms with van der Waals surface area (Å²) in [5.41, 5.74) is 6.06. The minimum atomic E-state index is -4.49. The second-order valence-corrected chi connectivity index (χ2v) is 9.30. The number of fused-ring (bicyclic) bond motifs is 1. The highest BCUT2D eigenvalue weighted by Crippen LogP contribution is 2.42. The van der Waals surface area contributed by atoms with Crippen LogP contribution in [0.2, 0.25) is 0 Å². The monoisotopic (exact) mass is 489 g/mol. The van der Waals surface area contributed by atoms with Crippen LogP contribution in [0, 0.1) is 6.92 Å². The molecule has 1 saturated carbocycles. The molecule has 2 aromatic carbocycles. The van der Waals surface area contributed by atoms with Crippen LogP contribution >= 0.6 is 0 Å². The minimum absolute atomic E-state index is 0.0166. The van der Waals surface area contributed by atoms with Crippen LogP contribution in [0.15, 0.2) is 30.3 Å². The lowest BCUT2D eigenvalue weighted by atomic mass is 10.0. The Kier molecular flexibility index (Phi) is 6.44. The fraction of sp³-hybridized carbons (Fsp3) is 0.440. The summed E-state index contributed by atoms with van der Waals surface area (Å²) in [6.07, 6.45) is -2.37. The van der Waals surface area contributed by atoms with E-state index in [1.165, 1.54) is 6.07 Å². The molecule has 0 aliphatic heterocycles. The van der Waals surface area contributed by atoms with Crippen molar-refractivity contribution in [3.8, 4) is 11.5 Å². The number of aromatic nitrogens is 2. The molecule has 1 fully saturated rings. The number of nitrogens with two attached hydrogens (primary N) is 1. The van der Waals surface area contributed by atoms with E-state index in [9.17, 15) is 13.2 Å². The van der Waals surface area contributed by atoms with Crippen molar-refractivity contribution >= 4 is 22.4 Å². The third-order valence-electron chi connectivity index (χ3n) is 6.52. The maximum absolute atomic E-state index is 13.3. The number of likely N-dealkylation sites (N-methyl/N-ethyl adjacent to an activating group) is 1. The van der Waals surface area contributed by atoms with Crippen LogP contribution in [0.3, 0.4) is 0 Å². The van der Waals surface area contributed by atoms with Crippen molar-refractivity contribution in [3.63, 3.8) is 0 Å². The number of methoxy groups -OCH3 is 1. The van der Waals surface area contributed by atoms with Gasteiger partial charge in [-0.3, -0.25) is 0 Å². The summed E-state index contributed by atoms with van der Waals surface area (Å²) < 4.78 is 51.6. The van der Waals surface area contributed by atoms with Crippen molar-refractivity contribution in [1.82, 2.24) is 14.9 Å². The van der Waals surface area contributed by atoms with Crippen molar-refractivity contribution in [3.05, 3.63) is 47.3 Å². The number of aryl methyl sites for hydroxylation is 1.